The molecule has 1 aliphatic heterocycles. The number of nitrogens with zero attached hydrogens (tertiary/aromatic N) is 1. The Morgan fingerprint density at radius 2 is 1.59 bits per heavy atom. The Balaban J connectivity index is 1.58. The molecule has 0 spiro atoms. The lowest BCUT2D eigenvalue weighted by Gasteiger charge is -2.26. The normalized spacial score (nSPS) is 14.7. The maximum Gasteiger partial charge on any atom is 0.255 e. The zero-order chi connectivity index (χ0) is 22.6. The Kier molecular flexibility index (Phi) is 6.79. The number of halogens is 1. The van der Waals surface area contributed by atoms with E-state index in [0.29, 0.717) is 30.3 Å². The van der Waals surface area contributed by atoms with Gasteiger partial charge in [-0.25, -0.2) is 8.42 Å². The lowest BCUT2D eigenvalue weighted by atomic mass is 10.2. The van der Waals surface area contributed by atoms with Crippen molar-refractivity contribution in [3.63, 3.8) is 0 Å². The van der Waals surface area contributed by atoms with Crippen molar-refractivity contribution in [1.82, 2.24) is 4.31 Å². The van der Waals surface area contributed by atoms with Crippen LogP contribution in [0, 0.1) is 0 Å². The number of nitrogens with one attached hydrogen (secondary N) is 1. The fraction of sp³-hybridized carbons (Fsp3) is 0.208. The predicted octanol–water partition coefficient (Wildman–Crippen LogP) is 5.56. The number of anilines is 1. The summed E-state index contributed by atoms with van der Waals surface area (Å²) in [4.78, 5) is 12.9. The fourth-order valence-electron chi connectivity index (χ4n) is 3.56. The lowest BCUT2D eigenvalue weighted by molar-refractivity contribution is 0.102. The van der Waals surface area contributed by atoms with Crippen molar-refractivity contribution in [3.05, 3.63) is 83.4 Å². The van der Waals surface area contributed by atoms with Crippen LogP contribution in [0.25, 0.3) is 0 Å². The quantitative estimate of drug-likeness (QED) is 0.511. The molecule has 1 amide bonds. The van der Waals surface area contributed by atoms with Gasteiger partial charge in [-0.3, -0.25) is 4.79 Å². The molecule has 1 aliphatic rings. The first-order chi connectivity index (χ1) is 15.4. The van der Waals surface area contributed by atoms with Crippen LogP contribution in [-0.2, 0) is 10.0 Å². The number of hydrogen-bond donors (Lipinski definition) is 1. The van der Waals surface area contributed by atoms with Gasteiger partial charge in [-0.05, 0) is 55.3 Å². The van der Waals surface area contributed by atoms with Gasteiger partial charge in [-0.1, -0.05) is 48.4 Å². The van der Waals surface area contributed by atoms with Gasteiger partial charge < -0.3 is 10.1 Å². The average molecular weight is 471 g/mol. The van der Waals surface area contributed by atoms with E-state index in [1.54, 1.807) is 24.3 Å². The fourth-order valence-corrected chi connectivity index (χ4v) is 5.57. The van der Waals surface area contributed by atoms with E-state index < -0.39 is 15.9 Å². The van der Waals surface area contributed by atoms with Crippen LogP contribution in [0.15, 0.2) is 77.7 Å². The summed E-state index contributed by atoms with van der Waals surface area (Å²) in [6.07, 6.45) is 2.64. The van der Waals surface area contributed by atoms with Crippen LogP contribution in [0.2, 0.25) is 5.02 Å². The molecule has 4 rings (SSSR count). The van der Waals surface area contributed by atoms with Gasteiger partial charge in [-0.2, -0.15) is 4.31 Å². The minimum Gasteiger partial charge on any atom is -0.455 e. The molecule has 1 saturated heterocycles. The Morgan fingerprint density at radius 1 is 0.906 bits per heavy atom. The highest BCUT2D eigenvalue weighted by Crippen LogP contribution is 2.31. The molecule has 1 N–H and O–H groups in total. The molecule has 166 valence electrons. The van der Waals surface area contributed by atoms with Crippen molar-refractivity contribution in [2.75, 3.05) is 18.4 Å². The third-order valence-corrected chi connectivity index (χ3v) is 7.61. The van der Waals surface area contributed by atoms with Crippen molar-refractivity contribution in [2.45, 2.75) is 24.2 Å². The van der Waals surface area contributed by atoms with E-state index in [2.05, 4.69) is 5.32 Å². The minimum atomic E-state index is -3.77. The van der Waals surface area contributed by atoms with Crippen molar-refractivity contribution in [3.8, 4) is 11.5 Å². The first-order valence-corrected chi connectivity index (χ1v) is 12.2. The molecule has 0 bridgehead atoms. The van der Waals surface area contributed by atoms with E-state index in [0.717, 1.165) is 19.3 Å². The number of ether oxygens (including phenoxy) is 1. The van der Waals surface area contributed by atoms with Crippen LogP contribution in [0.5, 0.6) is 11.5 Å². The average Bonchev–Trinajstić information content (AvgIpc) is 2.82. The molecule has 0 aromatic heterocycles. The number of carbonyl (C=O) groups is 1. The largest absolute Gasteiger partial charge is 0.455 e. The summed E-state index contributed by atoms with van der Waals surface area (Å²) in [7, 11) is -3.77. The lowest BCUT2D eigenvalue weighted by Crippen LogP contribution is -2.35. The third kappa shape index (κ3) is 4.96. The zero-order valence-corrected chi connectivity index (χ0v) is 18.9. The van der Waals surface area contributed by atoms with Gasteiger partial charge in [0.15, 0.2) is 5.75 Å². The van der Waals surface area contributed by atoms with Crippen molar-refractivity contribution < 1.29 is 17.9 Å². The van der Waals surface area contributed by atoms with Gasteiger partial charge >= 0.3 is 0 Å². The number of hydrogen-bond acceptors (Lipinski definition) is 4. The van der Waals surface area contributed by atoms with Crippen LogP contribution in [-0.4, -0.2) is 31.7 Å². The molecular weight excluding hydrogens is 448 g/mol. The maximum atomic E-state index is 13.1. The molecule has 8 heteroatoms. The predicted molar refractivity (Wildman–Crippen MR) is 125 cm³/mol. The summed E-state index contributed by atoms with van der Waals surface area (Å²) in [6, 6.07) is 20.6. The van der Waals surface area contributed by atoms with Crippen LogP contribution in [0.4, 0.5) is 5.69 Å². The third-order valence-electron chi connectivity index (χ3n) is 5.23. The number of para-hydroxylation sites is 3. The van der Waals surface area contributed by atoms with E-state index >= 15 is 0 Å². The van der Waals surface area contributed by atoms with Gasteiger partial charge in [0.2, 0.25) is 10.0 Å². The maximum absolute atomic E-state index is 13.1. The summed E-state index contributed by atoms with van der Waals surface area (Å²) < 4.78 is 33.5. The van der Waals surface area contributed by atoms with E-state index in [9.17, 15) is 13.2 Å². The van der Waals surface area contributed by atoms with Crippen LogP contribution >= 0.6 is 11.6 Å². The molecule has 32 heavy (non-hydrogen) atoms. The van der Waals surface area contributed by atoms with Crippen LogP contribution in [0.3, 0.4) is 0 Å². The molecule has 0 aliphatic carbocycles. The Labute approximate surface area is 192 Å². The van der Waals surface area contributed by atoms with Crippen LogP contribution in [0.1, 0.15) is 29.6 Å². The Morgan fingerprint density at radius 3 is 2.34 bits per heavy atom. The standard InChI is InChI=1S/C24H23ClN2O4S/c25-20-14-13-18(17-23(20)32(29,30)27-15-7-2-8-16-27)24(28)26-21-11-5-6-12-22(21)31-19-9-3-1-4-10-19/h1,3-6,9-14,17H,2,7-8,15-16H2,(H,26,28). The second-order valence-corrected chi connectivity index (χ2v) is 9.79. The number of benzene rings is 3. The first kappa shape index (κ1) is 22.3. The van der Waals surface area contributed by atoms with Gasteiger partial charge in [-0.15, -0.1) is 0 Å². The van der Waals surface area contributed by atoms with Gasteiger partial charge in [0.1, 0.15) is 10.6 Å². The highest BCUT2D eigenvalue weighted by molar-refractivity contribution is 7.89. The highest BCUT2D eigenvalue weighted by Gasteiger charge is 2.28. The van der Waals surface area contributed by atoms with Gasteiger partial charge in [0.05, 0.1) is 10.7 Å². The zero-order valence-electron chi connectivity index (χ0n) is 17.3. The number of rotatable bonds is 6. The molecule has 1 fully saturated rings. The second-order valence-electron chi connectivity index (χ2n) is 7.48. The SMILES string of the molecule is O=C(Nc1ccccc1Oc1ccccc1)c1ccc(Cl)c(S(=O)(=O)N2CCCCC2)c1. The first-order valence-electron chi connectivity index (χ1n) is 10.4. The minimum absolute atomic E-state index is 0.0532. The summed E-state index contributed by atoms with van der Waals surface area (Å²) in [5.41, 5.74) is 0.663. The molecule has 0 saturated carbocycles. The summed E-state index contributed by atoms with van der Waals surface area (Å²) in [5.74, 6) is 0.652. The summed E-state index contributed by atoms with van der Waals surface area (Å²) in [6.45, 7) is 0.915. The van der Waals surface area contributed by atoms with Crippen molar-refractivity contribution in [2.24, 2.45) is 0 Å². The molecule has 1 heterocycles. The number of piperidine rings is 1. The van der Waals surface area contributed by atoms with Gasteiger partial charge in [0, 0.05) is 18.7 Å². The van der Waals surface area contributed by atoms with Gasteiger partial charge in [0.25, 0.3) is 5.91 Å². The molecule has 0 radical (unpaired) electrons. The Hall–Kier alpha value is -2.87. The van der Waals surface area contributed by atoms with E-state index in [-0.39, 0.29) is 15.5 Å². The van der Waals surface area contributed by atoms with E-state index in [4.69, 9.17) is 16.3 Å². The highest BCUT2D eigenvalue weighted by atomic mass is 35.5. The molecule has 0 unspecified atom stereocenters. The smallest absolute Gasteiger partial charge is 0.255 e. The topological polar surface area (TPSA) is 75.7 Å². The second kappa shape index (κ2) is 9.73. The van der Waals surface area contributed by atoms with E-state index in [1.165, 1.54) is 22.5 Å². The molecule has 0 atom stereocenters. The summed E-state index contributed by atoms with van der Waals surface area (Å²) >= 11 is 6.22. The molecule has 3 aromatic carbocycles. The van der Waals surface area contributed by atoms with Crippen molar-refractivity contribution >= 4 is 33.2 Å². The molecule has 6 nitrogen and oxygen atoms in total. The number of sulfonamides is 1. The molecular formula is C24H23ClN2O4S. The number of amides is 1. The molecule has 3 aromatic rings. The number of carbonyl (C=O) groups excluding carboxylic acids is 1. The Bertz CT molecular complexity index is 1210. The van der Waals surface area contributed by atoms with Crippen molar-refractivity contribution in [1.29, 1.82) is 0 Å². The monoisotopic (exact) mass is 470 g/mol. The van der Waals surface area contributed by atoms with E-state index in [1.807, 2.05) is 30.3 Å². The van der Waals surface area contributed by atoms with Crippen LogP contribution < -0.4 is 10.1 Å². The summed E-state index contributed by atoms with van der Waals surface area (Å²) in [5, 5.41) is 2.91.